The highest BCUT2D eigenvalue weighted by atomic mass is 16.5. The van der Waals surface area contributed by atoms with Crippen LogP contribution in [0.2, 0.25) is 0 Å². The van der Waals surface area contributed by atoms with Crippen molar-refractivity contribution in [3.05, 3.63) is 65.5 Å². The van der Waals surface area contributed by atoms with E-state index in [9.17, 15) is 20.4 Å². The Balaban J connectivity index is 1.41. The zero-order chi connectivity index (χ0) is 26.3. The number of hydrogen-bond donors (Lipinski definition) is 4. The molecule has 198 valence electrons. The lowest BCUT2D eigenvalue weighted by atomic mass is 9.58. The summed E-state index contributed by atoms with van der Waals surface area (Å²) in [6.45, 7) is 8.25. The number of aromatic nitrogens is 3. The first-order valence-electron chi connectivity index (χ1n) is 13.2. The maximum absolute atomic E-state index is 12.7. The lowest BCUT2D eigenvalue weighted by molar-refractivity contribution is -0.198. The lowest BCUT2D eigenvalue weighted by Crippen LogP contribution is -2.64. The fourth-order valence-electron chi connectivity index (χ4n) is 8.33. The molecule has 2 bridgehead atoms. The molecule has 0 saturated heterocycles. The van der Waals surface area contributed by atoms with Gasteiger partial charge in [-0.05, 0) is 59.8 Å². The summed E-state index contributed by atoms with van der Waals surface area (Å²) in [6, 6.07) is 8.66. The Labute approximate surface area is 217 Å². The maximum Gasteiger partial charge on any atom is 0.134 e. The minimum Gasteiger partial charge on any atom is -0.487 e. The van der Waals surface area contributed by atoms with E-state index in [2.05, 4.69) is 31.1 Å². The van der Waals surface area contributed by atoms with Crippen molar-refractivity contribution in [2.75, 3.05) is 6.61 Å². The number of ether oxygens (including phenoxy) is 1. The molecule has 4 aliphatic rings. The standard InChI is InChI=1S/C29H37N3O5/c1-16-12-28-17(2)10-22-23(27(22,3)4)21(26(28)35)11-18(14-33)25(34)29(28,36)24(16)32-13-19(30-31-32)15-37-20-8-6-5-7-9-20/h5-9,11-13,17,21-26,33-36H,10,14-15H2,1-4H3/t17-,21+,22-,23+,24+,25-,26?,28+,29?/m1/s1. The Morgan fingerprint density at radius 1 is 1.16 bits per heavy atom. The molecule has 8 nitrogen and oxygen atoms in total. The molecule has 0 aliphatic heterocycles. The van der Waals surface area contributed by atoms with Crippen molar-refractivity contribution < 1.29 is 25.2 Å². The van der Waals surface area contributed by atoms with Crippen molar-refractivity contribution in [3.8, 4) is 5.75 Å². The molecule has 2 aromatic rings. The summed E-state index contributed by atoms with van der Waals surface area (Å²) in [5.74, 6) is 0.951. The zero-order valence-electron chi connectivity index (χ0n) is 21.8. The Morgan fingerprint density at radius 2 is 1.89 bits per heavy atom. The summed E-state index contributed by atoms with van der Waals surface area (Å²) in [7, 11) is 0. The molecule has 0 amide bonds. The van der Waals surface area contributed by atoms with Crippen LogP contribution in [-0.2, 0) is 6.61 Å². The van der Waals surface area contributed by atoms with Crippen LogP contribution < -0.4 is 4.74 Å². The van der Waals surface area contributed by atoms with E-state index in [0.29, 0.717) is 22.9 Å². The second-order valence-electron chi connectivity index (χ2n) is 12.3. The Hall–Kier alpha value is -2.52. The first-order valence-corrected chi connectivity index (χ1v) is 13.2. The second kappa shape index (κ2) is 8.24. The molecule has 0 radical (unpaired) electrons. The first kappa shape index (κ1) is 24.8. The Bertz CT molecular complexity index is 1260. The van der Waals surface area contributed by atoms with E-state index in [1.54, 1.807) is 10.9 Å². The molecule has 8 heteroatoms. The van der Waals surface area contributed by atoms with Gasteiger partial charge in [-0.15, -0.1) is 5.10 Å². The molecule has 1 aromatic heterocycles. The van der Waals surface area contributed by atoms with Gasteiger partial charge in [0.15, 0.2) is 0 Å². The van der Waals surface area contributed by atoms with E-state index in [4.69, 9.17) is 4.74 Å². The highest BCUT2D eigenvalue weighted by molar-refractivity contribution is 5.43. The third-order valence-corrected chi connectivity index (χ3v) is 10.1. The van der Waals surface area contributed by atoms with Gasteiger partial charge in [-0.25, -0.2) is 4.68 Å². The Morgan fingerprint density at radius 3 is 2.59 bits per heavy atom. The molecule has 2 fully saturated rings. The second-order valence-corrected chi connectivity index (χ2v) is 12.3. The predicted molar refractivity (Wildman–Crippen MR) is 136 cm³/mol. The van der Waals surface area contributed by atoms with Crippen molar-refractivity contribution in [1.82, 2.24) is 15.0 Å². The van der Waals surface area contributed by atoms with Crippen LogP contribution in [-0.4, -0.2) is 59.8 Å². The quantitative estimate of drug-likeness (QED) is 0.459. The van der Waals surface area contributed by atoms with E-state index in [-0.39, 0.29) is 29.8 Å². The molecule has 9 atom stereocenters. The molecule has 1 spiro atoms. The molecule has 2 unspecified atom stereocenters. The summed E-state index contributed by atoms with van der Waals surface area (Å²) >= 11 is 0. The number of aliphatic hydroxyl groups excluding tert-OH is 3. The largest absolute Gasteiger partial charge is 0.487 e. The highest BCUT2D eigenvalue weighted by Gasteiger charge is 2.75. The van der Waals surface area contributed by atoms with Gasteiger partial charge in [0.2, 0.25) is 0 Å². The Kier molecular flexibility index (Phi) is 5.52. The van der Waals surface area contributed by atoms with Crippen molar-refractivity contribution in [3.63, 3.8) is 0 Å². The van der Waals surface area contributed by atoms with Crippen molar-refractivity contribution in [2.24, 2.45) is 34.5 Å². The average molecular weight is 508 g/mol. The van der Waals surface area contributed by atoms with Crippen LogP contribution in [0.1, 0.15) is 45.9 Å². The molecule has 4 N–H and O–H groups in total. The van der Waals surface area contributed by atoms with E-state index in [1.165, 1.54) is 0 Å². The minimum atomic E-state index is -1.83. The van der Waals surface area contributed by atoms with Crippen LogP contribution in [0.5, 0.6) is 5.75 Å². The van der Waals surface area contributed by atoms with E-state index in [0.717, 1.165) is 12.0 Å². The normalized spacial score (nSPS) is 41.6. The van der Waals surface area contributed by atoms with Crippen LogP contribution in [0.3, 0.4) is 0 Å². The van der Waals surface area contributed by atoms with Crippen molar-refractivity contribution >= 4 is 0 Å². The van der Waals surface area contributed by atoms with Crippen molar-refractivity contribution in [2.45, 2.75) is 64.6 Å². The number of aliphatic hydroxyl groups is 4. The molecule has 1 heterocycles. The van der Waals surface area contributed by atoms with E-state index in [1.807, 2.05) is 49.4 Å². The van der Waals surface area contributed by atoms with Gasteiger partial charge in [0.05, 0.1) is 24.3 Å². The van der Waals surface area contributed by atoms with Gasteiger partial charge in [-0.3, -0.25) is 0 Å². The maximum atomic E-state index is 12.7. The summed E-state index contributed by atoms with van der Waals surface area (Å²) in [6.07, 6.45) is 4.09. The third-order valence-electron chi connectivity index (χ3n) is 10.1. The molecule has 4 aliphatic carbocycles. The highest BCUT2D eigenvalue weighted by Crippen LogP contribution is 2.73. The van der Waals surface area contributed by atoms with Crippen LogP contribution in [0, 0.1) is 34.5 Å². The third kappa shape index (κ3) is 3.22. The number of para-hydroxylation sites is 1. The number of rotatable bonds is 5. The summed E-state index contributed by atoms with van der Waals surface area (Å²) < 4.78 is 7.41. The van der Waals surface area contributed by atoms with Crippen molar-refractivity contribution in [1.29, 1.82) is 0 Å². The molecular formula is C29H37N3O5. The predicted octanol–water partition coefficient (Wildman–Crippen LogP) is 2.66. The van der Waals surface area contributed by atoms with Gasteiger partial charge in [0.25, 0.3) is 0 Å². The fourth-order valence-corrected chi connectivity index (χ4v) is 8.33. The number of fused-ring (bicyclic) bond motifs is 3. The summed E-state index contributed by atoms with van der Waals surface area (Å²) in [5, 5.41) is 55.5. The van der Waals surface area contributed by atoms with Gasteiger partial charge < -0.3 is 25.2 Å². The van der Waals surface area contributed by atoms with Gasteiger partial charge in [0.1, 0.15) is 35.8 Å². The van der Waals surface area contributed by atoms with Gasteiger partial charge >= 0.3 is 0 Å². The number of hydrogen-bond acceptors (Lipinski definition) is 7. The zero-order valence-corrected chi connectivity index (χ0v) is 21.8. The molecule has 2 saturated carbocycles. The molecular weight excluding hydrogens is 470 g/mol. The number of nitrogens with zero attached hydrogens (tertiary/aromatic N) is 3. The molecule has 37 heavy (non-hydrogen) atoms. The first-order chi connectivity index (χ1) is 17.6. The van der Waals surface area contributed by atoms with Crippen LogP contribution >= 0.6 is 0 Å². The van der Waals surface area contributed by atoms with E-state index >= 15 is 0 Å². The van der Waals surface area contributed by atoms with Crippen LogP contribution in [0.4, 0.5) is 0 Å². The van der Waals surface area contributed by atoms with Gasteiger partial charge in [0, 0.05) is 5.92 Å². The average Bonchev–Trinajstić information content (AvgIpc) is 3.15. The monoisotopic (exact) mass is 507 g/mol. The summed E-state index contributed by atoms with van der Waals surface area (Å²) in [5.41, 5.74) is -1.15. The molecule has 6 rings (SSSR count). The molecule has 1 aromatic carbocycles. The fraction of sp³-hybridized carbons (Fsp3) is 0.586. The summed E-state index contributed by atoms with van der Waals surface area (Å²) in [4.78, 5) is 0. The van der Waals surface area contributed by atoms with Gasteiger partial charge in [-0.1, -0.05) is 56.3 Å². The topological polar surface area (TPSA) is 121 Å². The number of benzene rings is 1. The van der Waals surface area contributed by atoms with E-state index < -0.39 is 35.9 Å². The smallest absolute Gasteiger partial charge is 0.134 e. The van der Waals surface area contributed by atoms with Gasteiger partial charge in [-0.2, -0.15) is 0 Å². The lowest BCUT2D eigenvalue weighted by Gasteiger charge is -2.52. The SMILES string of the molecule is CC1=C[C@]23C(O)[C@@H](C=C(CO)[C@@H](O)C2(O)[C@H]1n1cc(COc2ccccc2)nn1)[C@H]1[C@@H](C[C@H]3C)C1(C)C. The van der Waals surface area contributed by atoms with Crippen LogP contribution in [0.15, 0.2) is 59.8 Å². The van der Waals surface area contributed by atoms with Crippen LogP contribution in [0.25, 0.3) is 0 Å². The minimum absolute atomic E-state index is 0.0579.